The van der Waals surface area contributed by atoms with Gasteiger partial charge in [-0.3, -0.25) is 0 Å². The minimum atomic E-state index is -0.443. The second kappa shape index (κ2) is 10.4. The molecule has 0 aliphatic carbocycles. The number of rotatable bonds is 7. The summed E-state index contributed by atoms with van der Waals surface area (Å²) < 4.78 is 15.0. The summed E-state index contributed by atoms with van der Waals surface area (Å²) >= 11 is 0. The summed E-state index contributed by atoms with van der Waals surface area (Å²) in [6.07, 6.45) is 0. The fraction of sp³-hybridized carbons (Fsp3) is 0.235. The number of ether oxygens (including phenoxy) is 2. The molecule has 0 radical (unpaired) electrons. The van der Waals surface area contributed by atoms with Gasteiger partial charge in [-0.15, -0.1) is 0 Å². The van der Waals surface area contributed by atoms with Gasteiger partial charge in [0.05, 0.1) is 35.4 Å². The van der Waals surface area contributed by atoms with Crippen molar-refractivity contribution in [1.82, 2.24) is 9.13 Å². The molecule has 2 aromatic heterocycles. The first-order chi connectivity index (χ1) is 20.3. The van der Waals surface area contributed by atoms with Crippen LogP contribution in [0.1, 0.15) is 46.0 Å². The Bertz CT molecular complexity index is 1900. The molecule has 6 rings (SSSR count). The van der Waals surface area contributed by atoms with Crippen molar-refractivity contribution in [3.8, 4) is 11.5 Å². The van der Waals surface area contributed by atoms with Crippen molar-refractivity contribution >= 4 is 55.3 Å². The Balaban J connectivity index is 1.59. The lowest BCUT2D eigenvalue weighted by molar-refractivity contribution is 0.0517. The largest absolute Gasteiger partial charge is 0.507 e. The Morgan fingerprint density at radius 1 is 0.619 bits per heavy atom. The Morgan fingerprint density at radius 2 is 0.976 bits per heavy atom. The molecule has 2 heterocycles. The molecule has 2 N–H and O–H groups in total. The van der Waals surface area contributed by atoms with Gasteiger partial charge in [-0.25, -0.2) is 9.59 Å². The molecular formula is C34H32N2O6. The van der Waals surface area contributed by atoms with Crippen LogP contribution in [0, 0.1) is 13.8 Å². The van der Waals surface area contributed by atoms with Gasteiger partial charge in [-0.2, -0.15) is 0 Å². The molecule has 4 aromatic carbocycles. The highest BCUT2D eigenvalue weighted by molar-refractivity contribution is 6.17. The van der Waals surface area contributed by atoms with Crippen molar-refractivity contribution in [3.63, 3.8) is 0 Å². The lowest BCUT2D eigenvalue weighted by atomic mass is 10.0. The standard InChI is InChI=1S/C34H32N2O6/c1-5-41-33(39)29-19(3)35(31-23-13-9-7-11-21(23)27(37)17-25(29)31)15-16-36-20(4)30(34(40)42-6-2)26-18-28(38)22-12-8-10-14-24(22)32(26)36/h7-14,17-18,37-38H,5-6,15-16H2,1-4H3. The molecule has 0 amide bonds. The Labute approximate surface area is 242 Å². The van der Waals surface area contributed by atoms with Gasteiger partial charge in [0.1, 0.15) is 11.5 Å². The van der Waals surface area contributed by atoms with E-state index < -0.39 is 11.9 Å². The van der Waals surface area contributed by atoms with Crippen molar-refractivity contribution in [2.24, 2.45) is 0 Å². The third-order valence-electron chi connectivity index (χ3n) is 8.11. The van der Waals surface area contributed by atoms with Crippen molar-refractivity contribution in [2.75, 3.05) is 13.2 Å². The average Bonchev–Trinajstić information content (AvgIpc) is 3.41. The van der Waals surface area contributed by atoms with Crippen LogP contribution in [0.3, 0.4) is 0 Å². The molecule has 0 saturated heterocycles. The maximum absolute atomic E-state index is 13.2. The fourth-order valence-electron chi connectivity index (χ4n) is 6.32. The van der Waals surface area contributed by atoms with E-state index in [-0.39, 0.29) is 24.7 Å². The molecule has 0 aliphatic heterocycles. The van der Waals surface area contributed by atoms with Crippen LogP contribution in [0.25, 0.3) is 43.4 Å². The molecule has 0 bridgehead atoms. The number of aromatic hydroxyl groups is 2. The molecule has 8 nitrogen and oxygen atoms in total. The highest BCUT2D eigenvalue weighted by Gasteiger charge is 2.26. The van der Waals surface area contributed by atoms with Gasteiger partial charge in [-0.05, 0) is 39.8 Å². The van der Waals surface area contributed by atoms with E-state index in [1.165, 1.54) is 0 Å². The average molecular weight is 565 g/mol. The number of nitrogens with zero attached hydrogens (tertiary/aromatic N) is 2. The van der Waals surface area contributed by atoms with Gasteiger partial charge in [0.25, 0.3) is 0 Å². The van der Waals surface area contributed by atoms with E-state index in [9.17, 15) is 19.8 Å². The van der Waals surface area contributed by atoms with Gasteiger partial charge < -0.3 is 28.8 Å². The minimum absolute atomic E-state index is 0.0957. The normalized spacial score (nSPS) is 11.6. The van der Waals surface area contributed by atoms with E-state index in [4.69, 9.17) is 9.47 Å². The number of aryl methyl sites for hydroxylation is 2. The summed E-state index contributed by atoms with van der Waals surface area (Å²) in [5, 5.41) is 26.0. The van der Waals surface area contributed by atoms with E-state index in [1.54, 1.807) is 26.0 Å². The zero-order chi connectivity index (χ0) is 29.7. The van der Waals surface area contributed by atoms with Crippen LogP contribution < -0.4 is 0 Å². The molecule has 0 aliphatic rings. The summed E-state index contributed by atoms with van der Waals surface area (Å²) in [7, 11) is 0. The SMILES string of the molecule is CCOC(=O)c1c(C)n(CCn2c(C)c(C(=O)OCC)c3cc(O)c4ccccc4c32)c2c1cc(O)c1ccccc12. The number of fused-ring (bicyclic) bond motifs is 6. The number of hydrogen-bond acceptors (Lipinski definition) is 6. The molecule has 0 fully saturated rings. The number of carbonyl (C=O) groups excluding carboxylic acids is 2. The number of benzene rings is 4. The molecule has 0 saturated carbocycles. The van der Waals surface area contributed by atoms with Gasteiger partial charge in [0, 0.05) is 56.8 Å². The summed E-state index contributed by atoms with van der Waals surface area (Å²) in [5.41, 5.74) is 3.94. The highest BCUT2D eigenvalue weighted by Crippen LogP contribution is 2.40. The van der Waals surface area contributed by atoms with Gasteiger partial charge in [0.15, 0.2) is 0 Å². The van der Waals surface area contributed by atoms with Gasteiger partial charge in [-0.1, -0.05) is 48.5 Å². The first-order valence-corrected chi connectivity index (χ1v) is 14.1. The maximum Gasteiger partial charge on any atom is 0.340 e. The predicted molar refractivity (Wildman–Crippen MR) is 164 cm³/mol. The van der Waals surface area contributed by atoms with Crippen molar-refractivity contribution in [3.05, 3.63) is 83.2 Å². The zero-order valence-corrected chi connectivity index (χ0v) is 24.0. The zero-order valence-electron chi connectivity index (χ0n) is 24.0. The number of phenols is 2. The summed E-state index contributed by atoms with van der Waals surface area (Å²) in [6.45, 7) is 8.68. The van der Waals surface area contributed by atoms with Crippen molar-refractivity contribution < 1.29 is 29.3 Å². The van der Waals surface area contributed by atoms with Gasteiger partial charge >= 0.3 is 11.9 Å². The molecule has 8 heteroatoms. The summed E-state index contributed by atoms with van der Waals surface area (Å²) in [6, 6.07) is 18.4. The van der Waals surface area contributed by atoms with Crippen LogP contribution in [0.15, 0.2) is 60.7 Å². The van der Waals surface area contributed by atoms with E-state index in [1.807, 2.05) is 62.4 Å². The molecule has 0 spiro atoms. The molecule has 0 atom stereocenters. The number of esters is 2. The summed E-state index contributed by atoms with van der Waals surface area (Å²) in [4.78, 5) is 26.3. The number of carbonyl (C=O) groups is 2. The fourth-order valence-corrected chi connectivity index (χ4v) is 6.32. The second-order valence-electron chi connectivity index (χ2n) is 10.3. The lowest BCUT2D eigenvalue weighted by Gasteiger charge is -2.15. The van der Waals surface area contributed by atoms with E-state index in [0.29, 0.717) is 45.8 Å². The molecule has 42 heavy (non-hydrogen) atoms. The van der Waals surface area contributed by atoms with Crippen LogP contribution in [0.2, 0.25) is 0 Å². The topological polar surface area (TPSA) is 103 Å². The quantitative estimate of drug-likeness (QED) is 0.203. The smallest absolute Gasteiger partial charge is 0.340 e. The van der Waals surface area contributed by atoms with Crippen molar-refractivity contribution in [2.45, 2.75) is 40.8 Å². The highest BCUT2D eigenvalue weighted by atomic mass is 16.5. The lowest BCUT2D eigenvalue weighted by Crippen LogP contribution is -2.13. The number of hydrogen-bond donors (Lipinski definition) is 2. The molecule has 214 valence electrons. The Morgan fingerprint density at radius 3 is 1.33 bits per heavy atom. The van der Waals surface area contributed by atoms with Gasteiger partial charge in [0.2, 0.25) is 0 Å². The third kappa shape index (κ3) is 4.05. The second-order valence-corrected chi connectivity index (χ2v) is 10.3. The van der Waals surface area contributed by atoms with E-state index in [2.05, 4.69) is 9.13 Å². The maximum atomic E-state index is 13.2. The van der Waals surface area contributed by atoms with Crippen LogP contribution in [-0.4, -0.2) is 44.5 Å². The first kappa shape index (κ1) is 27.2. The Kier molecular flexibility index (Phi) is 6.77. The summed E-state index contributed by atoms with van der Waals surface area (Å²) in [5.74, 6) is -0.694. The van der Waals surface area contributed by atoms with Crippen LogP contribution in [-0.2, 0) is 22.6 Å². The Hall–Kier alpha value is -4.98. The number of aromatic nitrogens is 2. The minimum Gasteiger partial charge on any atom is -0.507 e. The monoisotopic (exact) mass is 564 g/mol. The van der Waals surface area contributed by atoms with E-state index in [0.717, 1.165) is 33.2 Å². The number of phenolic OH excluding ortho intramolecular Hbond substituents is 2. The first-order valence-electron chi connectivity index (χ1n) is 14.1. The van der Waals surface area contributed by atoms with Crippen LogP contribution in [0.4, 0.5) is 0 Å². The molecule has 6 aromatic rings. The molecule has 0 unspecified atom stereocenters. The van der Waals surface area contributed by atoms with Crippen molar-refractivity contribution in [1.29, 1.82) is 0 Å². The van der Waals surface area contributed by atoms with Crippen LogP contribution >= 0.6 is 0 Å². The third-order valence-corrected chi connectivity index (χ3v) is 8.11. The molecular weight excluding hydrogens is 532 g/mol. The van der Waals surface area contributed by atoms with Crippen LogP contribution in [0.5, 0.6) is 11.5 Å². The predicted octanol–water partition coefficient (Wildman–Crippen LogP) is 6.98. The van der Waals surface area contributed by atoms with E-state index >= 15 is 0 Å².